The van der Waals surface area contributed by atoms with Crippen LogP contribution in [0, 0.1) is 6.92 Å². The number of carbonyl (C=O) groups excluding carboxylic acids is 1. The van der Waals surface area contributed by atoms with Crippen LogP contribution in [0.5, 0.6) is 0 Å². The molecule has 4 aromatic rings. The summed E-state index contributed by atoms with van der Waals surface area (Å²) < 4.78 is 3.48. The van der Waals surface area contributed by atoms with Crippen LogP contribution >= 0.6 is 11.3 Å². The Morgan fingerprint density at radius 1 is 1.11 bits per heavy atom. The Labute approximate surface area is 160 Å². The monoisotopic (exact) mass is 377 g/mol. The number of hydrogen-bond donors (Lipinski definition) is 1. The molecule has 2 aromatic heterocycles. The summed E-state index contributed by atoms with van der Waals surface area (Å²) in [5.41, 5.74) is 3.44. The van der Waals surface area contributed by atoms with Crippen molar-refractivity contribution >= 4 is 33.8 Å². The molecule has 0 saturated heterocycles. The van der Waals surface area contributed by atoms with Gasteiger partial charge in [-0.2, -0.15) is 0 Å². The van der Waals surface area contributed by atoms with Crippen LogP contribution in [0.2, 0.25) is 0 Å². The number of nitrogens with one attached hydrogen (secondary N) is 1. The lowest BCUT2D eigenvalue weighted by molar-refractivity contribution is -0.115. The lowest BCUT2D eigenvalue weighted by Crippen LogP contribution is -2.17. The fourth-order valence-electron chi connectivity index (χ4n) is 3.24. The van der Waals surface area contributed by atoms with E-state index in [1.165, 1.54) is 0 Å². The van der Waals surface area contributed by atoms with Crippen molar-refractivity contribution in [3.05, 3.63) is 81.5 Å². The highest BCUT2D eigenvalue weighted by atomic mass is 32.1. The number of aryl methyl sites for hydroxylation is 1. The molecule has 1 N–H and O–H groups in total. The van der Waals surface area contributed by atoms with Gasteiger partial charge in [0, 0.05) is 12.7 Å². The van der Waals surface area contributed by atoms with Crippen LogP contribution in [-0.2, 0) is 18.3 Å². The van der Waals surface area contributed by atoms with Crippen LogP contribution in [0.15, 0.2) is 64.8 Å². The Bertz CT molecular complexity index is 1190. The van der Waals surface area contributed by atoms with Crippen molar-refractivity contribution in [3.8, 4) is 5.00 Å². The molecule has 0 unspecified atom stereocenters. The third kappa shape index (κ3) is 3.19. The van der Waals surface area contributed by atoms with Gasteiger partial charge in [-0.3, -0.25) is 9.59 Å². The van der Waals surface area contributed by atoms with Gasteiger partial charge < -0.3 is 5.32 Å². The fraction of sp³-hybridized carbons (Fsp3) is 0.143. The summed E-state index contributed by atoms with van der Waals surface area (Å²) in [6.07, 6.45) is 0.304. The molecule has 27 heavy (non-hydrogen) atoms. The number of hydrogen-bond acceptors (Lipinski definition) is 3. The lowest BCUT2D eigenvalue weighted by atomic mass is 10.1. The van der Waals surface area contributed by atoms with Gasteiger partial charge in [-0.15, -0.1) is 11.3 Å². The van der Waals surface area contributed by atoms with Crippen molar-refractivity contribution in [2.75, 3.05) is 5.32 Å². The normalized spacial score (nSPS) is 11.0. The average molecular weight is 377 g/mol. The Hall–Kier alpha value is -3.12. The maximum Gasteiger partial charge on any atom is 0.274 e. The molecule has 0 aliphatic rings. The summed E-state index contributed by atoms with van der Waals surface area (Å²) in [5.74, 6) is -0.0989. The van der Waals surface area contributed by atoms with Gasteiger partial charge >= 0.3 is 0 Å². The number of benzene rings is 2. The Balaban J connectivity index is 1.65. The van der Waals surface area contributed by atoms with Crippen LogP contribution in [-0.4, -0.2) is 15.3 Å². The van der Waals surface area contributed by atoms with E-state index in [1.54, 1.807) is 29.1 Å². The second-order valence-corrected chi connectivity index (χ2v) is 7.40. The van der Waals surface area contributed by atoms with Gasteiger partial charge in [0.2, 0.25) is 5.91 Å². The highest BCUT2D eigenvalue weighted by Crippen LogP contribution is 2.23. The van der Waals surface area contributed by atoms with Crippen molar-refractivity contribution in [1.29, 1.82) is 0 Å². The van der Waals surface area contributed by atoms with Crippen LogP contribution in [0.25, 0.3) is 15.9 Å². The number of anilines is 1. The van der Waals surface area contributed by atoms with Crippen molar-refractivity contribution in [2.24, 2.45) is 7.05 Å². The first kappa shape index (κ1) is 17.3. The zero-order chi connectivity index (χ0) is 19.0. The lowest BCUT2D eigenvalue weighted by Gasteiger charge is -2.08. The van der Waals surface area contributed by atoms with E-state index in [0.29, 0.717) is 17.5 Å². The van der Waals surface area contributed by atoms with Crippen molar-refractivity contribution in [2.45, 2.75) is 13.3 Å². The number of thiophene rings is 1. The van der Waals surface area contributed by atoms with Gasteiger partial charge in [0.05, 0.1) is 17.3 Å². The van der Waals surface area contributed by atoms with Gasteiger partial charge in [-0.25, -0.2) is 9.36 Å². The maximum absolute atomic E-state index is 12.7. The Kier molecular flexibility index (Phi) is 4.41. The molecule has 0 aliphatic heterocycles. The first-order valence-corrected chi connectivity index (χ1v) is 9.52. The predicted octanol–water partition coefficient (Wildman–Crippen LogP) is 3.88. The molecular formula is C21H19N3O2S. The SMILES string of the molecule is Cc1ccccc1CC(=O)Nc1ccc2c(c1)c(=O)n(C)n2-c1cccs1. The first-order valence-electron chi connectivity index (χ1n) is 8.64. The molecule has 6 heteroatoms. The smallest absolute Gasteiger partial charge is 0.274 e. The number of fused-ring (bicyclic) bond motifs is 1. The second-order valence-electron chi connectivity index (χ2n) is 6.48. The molecule has 0 saturated carbocycles. The summed E-state index contributed by atoms with van der Waals surface area (Å²) in [7, 11) is 1.75. The number of amides is 1. The molecule has 0 fully saturated rings. The summed E-state index contributed by atoms with van der Waals surface area (Å²) in [5, 5.41) is 6.44. The minimum absolute atomic E-state index is 0.0894. The van der Waals surface area contributed by atoms with E-state index >= 15 is 0 Å². The maximum atomic E-state index is 12.7. The molecule has 0 radical (unpaired) electrons. The van der Waals surface area contributed by atoms with E-state index in [4.69, 9.17) is 0 Å². The van der Waals surface area contributed by atoms with Crippen molar-refractivity contribution in [3.63, 3.8) is 0 Å². The molecule has 2 heterocycles. The van der Waals surface area contributed by atoms with Gasteiger partial charge in [0.25, 0.3) is 5.56 Å². The molecule has 2 aromatic carbocycles. The highest BCUT2D eigenvalue weighted by Gasteiger charge is 2.14. The molecule has 0 spiro atoms. The summed E-state index contributed by atoms with van der Waals surface area (Å²) in [4.78, 5) is 25.1. The summed E-state index contributed by atoms with van der Waals surface area (Å²) >= 11 is 1.57. The van der Waals surface area contributed by atoms with E-state index in [2.05, 4.69) is 5.32 Å². The first-order chi connectivity index (χ1) is 13.0. The van der Waals surface area contributed by atoms with Crippen molar-refractivity contribution < 1.29 is 4.79 Å². The van der Waals surface area contributed by atoms with E-state index in [-0.39, 0.29) is 11.5 Å². The zero-order valence-electron chi connectivity index (χ0n) is 15.1. The Morgan fingerprint density at radius 2 is 1.93 bits per heavy atom. The van der Waals surface area contributed by atoms with Crippen LogP contribution in [0.1, 0.15) is 11.1 Å². The zero-order valence-corrected chi connectivity index (χ0v) is 15.9. The van der Waals surface area contributed by atoms with Crippen molar-refractivity contribution in [1.82, 2.24) is 9.36 Å². The van der Waals surface area contributed by atoms with Crippen LogP contribution in [0.4, 0.5) is 5.69 Å². The van der Waals surface area contributed by atoms with Gasteiger partial charge in [-0.1, -0.05) is 24.3 Å². The van der Waals surface area contributed by atoms with Gasteiger partial charge in [-0.05, 0) is 53.8 Å². The van der Waals surface area contributed by atoms with Gasteiger partial charge in [0.1, 0.15) is 5.00 Å². The minimum atomic E-state index is -0.0989. The number of nitrogens with zero attached hydrogens (tertiary/aromatic N) is 2. The van der Waals surface area contributed by atoms with E-state index in [9.17, 15) is 9.59 Å². The Morgan fingerprint density at radius 3 is 2.67 bits per heavy atom. The molecule has 0 aliphatic carbocycles. The molecular weight excluding hydrogens is 358 g/mol. The minimum Gasteiger partial charge on any atom is -0.326 e. The molecule has 1 amide bonds. The average Bonchev–Trinajstić information content (AvgIpc) is 3.25. The predicted molar refractivity (Wildman–Crippen MR) is 110 cm³/mol. The number of aromatic nitrogens is 2. The molecule has 5 nitrogen and oxygen atoms in total. The molecule has 4 rings (SSSR count). The quantitative estimate of drug-likeness (QED) is 0.587. The van der Waals surface area contributed by atoms with Gasteiger partial charge in [0.15, 0.2) is 0 Å². The molecule has 0 bridgehead atoms. The molecule has 136 valence electrons. The van der Waals surface area contributed by atoms with E-state index in [0.717, 1.165) is 21.6 Å². The number of rotatable bonds is 4. The standard InChI is InChI=1S/C21H19N3O2S/c1-14-6-3-4-7-15(14)12-19(25)22-16-9-10-18-17(13-16)21(26)23(2)24(18)20-8-5-11-27-20/h3-11,13H,12H2,1-2H3,(H,22,25). The van der Waals surface area contributed by atoms with E-state index in [1.807, 2.05) is 65.5 Å². The van der Waals surface area contributed by atoms with Crippen LogP contribution < -0.4 is 10.9 Å². The topological polar surface area (TPSA) is 56.0 Å². The third-order valence-corrected chi connectivity index (χ3v) is 5.50. The molecule has 0 atom stereocenters. The van der Waals surface area contributed by atoms with E-state index < -0.39 is 0 Å². The third-order valence-electron chi connectivity index (χ3n) is 4.66. The van der Waals surface area contributed by atoms with Crippen LogP contribution in [0.3, 0.4) is 0 Å². The highest BCUT2D eigenvalue weighted by molar-refractivity contribution is 7.12. The number of carbonyl (C=O) groups is 1. The second kappa shape index (κ2) is 6.89. The fourth-order valence-corrected chi connectivity index (χ4v) is 4.01. The summed E-state index contributed by atoms with van der Waals surface area (Å²) in [6, 6.07) is 17.2. The largest absolute Gasteiger partial charge is 0.326 e. The summed E-state index contributed by atoms with van der Waals surface area (Å²) in [6.45, 7) is 1.99.